The molecular formula is C25H40N4O4S. The summed E-state index contributed by atoms with van der Waals surface area (Å²) >= 11 is 1.51. The smallest absolute Gasteiger partial charge is 0.291 e. The van der Waals surface area contributed by atoms with Gasteiger partial charge in [0.25, 0.3) is 11.8 Å². The normalized spacial score (nSPS) is 27.8. The zero-order valence-corrected chi connectivity index (χ0v) is 21.7. The van der Waals surface area contributed by atoms with Gasteiger partial charge in [-0.3, -0.25) is 9.59 Å². The van der Waals surface area contributed by atoms with Crippen LogP contribution in [0, 0.1) is 23.7 Å². The van der Waals surface area contributed by atoms with Gasteiger partial charge in [-0.25, -0.2) is 0 Å². The molecule has 4 N–H and O–H groups in total. The van der Waals surface area contributed by atoms with Crippen molar-refractivity contribution >= 4 is 23.6 Å². The number of ether oxygens (including phenoxy) is 1. The van der Waals surface area contributed by atoms with Gasteiger partial charge >= 0.3 is 0 Å². The van der Waals surface area contributed by atoms with Crippen molar-refractivity contribution in [1.29, 1.82) is 0 Å². The first-order valence-corrected chi connectivity index (χ1v) is 13.6. The predicted molar refractivity (Wildman–Crippen MR) is 132 cm³/mol. The lowest BCUT2D eigenvalue weighted by Crippen LogP contribution is -2.55. The van der Waals surface area contributed by atoms with Gasteiger partial charge in [-0.1, -0.05) is 13.8 Å². The van der Waals surface area contributed by atoms with Crippen LogP contribution in [0.3, 0.4) is 0 Å². The molecule has 4 aliphatic carbocycles. The first kappa shape index (κ1) is 25.4. The zero-order chi connectivity index (χ0) is 24.5. The van der Waals surface area contributed by atoms with Crippen LogP contribution in [0.1, 0.15) is 83.2 Å². The van der Waals surface area contributed by atoms with Gasteiger partial charge in [0.15, 0.2) is 0 Å². The number of rotatable bonds is 11. The van der Waals surface area contributed by atoms with E-state index in [-0.39, 0.29) is 35.5 Å². The molecule has 0 atom stereocenters. The minimum absolute atomic E-state index is 0.0632. The molecule has 5 rings (SSSR count). The minimum Gasteiger partial charge on any atom is -0.472 e. The first-order valence-electron chi connectivity index (χ1n) is 12.8. The van der Waals surface area contributed by atoms with Crippen molar-refractivity contribution in [3.63, 3.8) is 0 Å². The van der Waals surface area contributed by atoms with Crippen LogP contribution in [0.5, 0.6) is 5.88 Å². The van der Waals surface area contributed by atoms with Crippen molar-refractivity contribution in [1.82, 2.24) is 15.8 Å². The number of amides is 2. The summed E-state index contributed by atoms with van der Waals surface area (Å²) in [7, 11) is 0. The Morgan fingerprint density at radius 3 is 2.41 bits per heavy atom. The van der Waals surface area contributed by atoms with Gasteiger partial charge in [-0.05, 0) is 87.7 Å². The third-order valence-electron chi connectivity index (χ3n) is 7.36. The quantitative estimate of drug-likeness (QED) is 0.403. The van der Waals surface area contributed by atoms with E-state index in [1.54, 1.807) is 0 Å². The molecule has 9 heteroatoms. The average Bonchev–Trinajstić information content (AvgIpc) is 3.14. The maximum atomic E-state index is 13.3. The van der Waals surface area contributed by atoms with Gasteiger partial charge < -0.3 is 25.6 Å². The number of carbonyl (C=O) groups excluding carboxylic acids is 2. The van der Waals surface area contributed by atoms with Crippen molar-refractivity contribution < 1.29 is 18.8 Å². The van der Waals surface area contributed by atoms with Gasteiger partial charge in [0, 0.05) is 17.7 Å². The maximum Gasteiger partial charge on any atom is 0.291 e. The third-order valence-corrected chi connectivity index (χ3v) is 8.43. The molecule has 2 amide bonds. The van der Waals surface area contributed by atoms with E-state index in [2.05, 4.69) is 29.6 Å². The number of hydrogen-bond donors (Lipinski definition) is 3. The molecule has 4 saturated carbocycles. The van der Waals surface area contributed by atoms with Crippen molar-refractivity contribution in [3.05, 3.63) is 5.76 Å². The molecule has 190 valence electrons. The molecule has 0 unspecified atom stereocenters. The molecular weight excluding hydrogens is 452 g/mol. The van der Waals surface area contributed by atoms with E-state index in [0.29, 0.717) is 42.0 Å². The molecule has 0 radical (unpaired) electrons. The Morgan fingerprint density at radius 1 is 1.18 bits per heavy atom. The summed E-state index contributed by atoms with van der Waals surface area (Å²) in [4.78, 5) is 26.1. The highest BCUT2D eigenvalue weighted by molar-refractivity contribution is 8.00. The average molecular weight is 493 g/mol. The molecule has 0 spiro atoms. The van der Waals surface area contributed by atoms with Gasteiger partial charge in [0.05, 0.1) is 5.54 Å². The number of carbonyl (C=O) groups is 2. The first-order chi connectivity index (χ1) is 16.1. The van der Waals surface area contributed by atoms with Crippen LogP contribution in [0.4, 0.5) is 0 Å². The highest BCUT2D eigenvalue weighted by Crippen LogP contribution is 2.53. The van der Waals surface area contributed by atoms with E-state index < -0.39 is 5.54 Å². The Hall–Kier alpha value is -1.74. The fourth-order valence-corrected chi connectivity index (χ4v) is 7.11. The van der Waals surface area contributed by atoms with Gasteiger partial charge in [0.1, 0.15) is 11.5 Å². The molecule has 1 aromatic heterocycles. The molecule has 34 heavy (non-hydrogen) atoms. The molecule has 0 aromatic carbocycles. The fourth-order valence-electron chi connectivity index (χ4n) is 6.21. The molecule has 4 aliphatic rings. The topological polar surface area (TPSA) is 119 Å². The number of thioether (sulfide) groups is 1. The molecule has 8 nitrogen and oxygen atoms in total. The summed E-state index contributed by atoms with van der Waals surface area (Å²) < 4.78 is 11.5. The van der Waals surface area contributed by atoms with Crippen LogP contribution in [-0.4, -0.2) is 47.0 Å². The van der Waals surface area contributed by atoms with Gasteiger partial charge in [0.2, 0.25) is 11.7 Å². The lowest BCUT2D eigenvalue weighted by molar-refractivity contribution is -0.123. The van der Waals surface area contributed by atoms with Crippen molar-refractivity contribution in [2.24, 2.45) is 29.4 Å². The van der Waals surface area contributed by atoms with Crippen molar-refractivity contribution in [2.45, 2.75) is 94.4 Å². The van der Waals surface area contributed by atoms with Crippen LogP contribution in [0.2, 0.25) is 0 Å². The monoisotopic (exact) mass is 492 g/mol. The van der Waals surface area contributed by atoms with Gasteiger partial charge in [-0.2, -0.15) is 0 Å². The Labute approximate surface area is 206 Å². The van der Waals surface area contributed by atoms with E-state index in [1.165, 1.54) is 43.9 Å². The second-order valence-electron chi connectivity index (χ2n) is 11.4. The molecule has 0 aliphatic heterocycles. The number of aromatic nitrogens is 1. The highest BCUT2D eigenvalue weighted by Gasteiger charge is 2.49. The summed E-state index contributed by atoms with van der Waals surface area (Å²) in [5, 5.41) is 10.6. The zero-order valence-electron chi connectivity index (χ0n) is 20.9. The maximum absolute atomic E-state index is 13.3. The lowest BCUT2D eigenvalue weighted by atomic mass is 9.54. The van der Waals surface area contributed by atoms with Crippen LogP contribution in [-0.2, 0) is 4.79 Å². The number of hydrogen-bond acceptors (Lipinski definition) is 7. The van der Waals surface area contributed by atoms with E-state index in [9.17, 15) is 9.59 Å². The van der Waals surface area contributed by atoms with Crippen molar-refractivity contribution in [2.75, 3.05) is 13.2 Å². The van der Waals surface area contributed by atoms with Crippen LogP contribution in [0.15, 0.2) is 9.42 Å². The van der Waals surface area contributed by atoms with Crippen LogP contribution >= 0.6 is 11.8 Å². The van der Waals surface area contributed by atoms with Gasteiger partial charge in [-0.15, -0.1) is 11.8 Å². The summed E-state index contributed by atoms with van der Waals surface area (Å²) in [6.07, 6.45) is 7.36. The van der Waals surface area contributed by atoms with Crippen LogP contribution in [0.25, 0.3) is 0 Å². The lowest BCUT2D eigenvalue weighted by Gasteiger charge is -2.54. The number of nitrogens with two attached hydrogens (primary N) is 1. The number of nitrogens with zero attached hydrogens (tertiary/aromatic N) is 1. The fraction of sp³-hybridized carbons (Fsp3) is 0.800. The van der Waals surface area contributed by atoms with E-state index >= 15 is 0 Å². The Balaban J connectivity index is 1.42. The second kappa shape index (κ2) is 10.5. The summed E-state index contributed by atoms with van der Waals surface area (Å²) in [5.74, 6) is 3.15. The minimum atomic E-state index is -0.604. The SMILES string of the molecule is CC(C)Sc1c(OCC(C)(C)NC(=O)CCCN)noc1C(=O)NC1C2CC3CC(C2)CC1C3. The summed E-state index contributed by atoms with van der Waals surface area (Å²) in [5.41, 5.74) is 4.89. The summed E-state index contributed by atoms with van der Waals surface area (Å²) in [6, 6.07) is 0.231. The van der Waals surface area contributed by atoms with E-state index in [0.717, 1.165) is 11.8 Å². The molecule has 4 bridgehead atoms. The van der Waals surface area contributed by atoms with E-state index in [4.69, 9.17) is 15.0 Å². The predicted octanol–water partition coefficient (Wildman–Crippen LogP) is 3.74. The third kappa shape index (κ3) is 5.90. The molecule has 1 heterocycles. The Kier molecular flexibility index (Phi) is 7.82. The summed E-state index contributed by atoms with van der Waals surface area (Å²) in [6.45, 7) is 8.58. The molecule has 1 aromatic rings. The Morgan fingerprint density at radius 2 is 1.82 bits per heavy atom. The van der Waals surface area contributed by atoms with Crippen molar-refractivity contribution in [3.8, 4) is 5.88 Å². The molecule has 4 fully saturated rings. The Bertz CT molecular complexity index is 856. The largest absolute Gasteiger partial charge is 0.472 e. The number of nitrogens with one attached hydrogen (secondary N) is 2. The highest BCUT2D eigenvalue weighted by atomic mass is 32.2. The van der Waals surface area contributed by atoms with Crippen LogP contribution < -0.4 is 21.1 Å². The van der Waals surface area contributed by atoms with E-state index in [1.807, 2.05) is 13.8 Å². The molecule has 0 saturated heterocycles. The standard InChI is InChI=1S/C25H40N4O4S/c1-14(2)34-22-21(23(31)27-20-17-9-15-8-16(11-17)12-18(20)10-15)33-29-24(22)32-13-25(3,4)28-19(30)6-5-7-26/h14-18,20H,5-13,26H2,1-4H3,(H,27,31)(H,28,30). The second-order valence-corrected chi connectivity index (χ2v) is 12.9.